The van der Waals surface area contributed by atoms with Gasteiger partial charge >= 0.3 is 12.0 Å². The van der Waals surface area contributed by atoms with Crippen LogP contribution in [0.4, 0.5) is 4.79 Å². The van der Waals surface area contributed by atoms with Crippen molar-refractivity contribution in [1.82, 2.24) is 10.6 Å². The average Bonchev–Trinajstić information content (AvgIpc) is 2.38. The highest BCUT2D eigenvalue weighted by atomic mass is 79.9. The van der Waals surface area contributed by atoms with Crippen molar-refractivity contribution in [3.63, 3.8) is 0 Å². The number of carboxylic acid groups (broad SMARTS) is 1. The van der Waals surface area contributed by atoms with Crippen LogP contribution in [0.5, 0.6) is 0 Å². The number of carbonyl (C=O) groups is 2. The summed E-state index contributed by atoms with van der Waals surface area (Å²) in [6.07, 6.45) is -1.05. The van der Waals surface area contributed by atoms with Crippen LogP contribution in [0, 0.1) is 0 Å². The molecule has 1 aromatic carbocycles. The SMILES string of the molecule is COC(CNC(=O)NC(C)c1cccc(Br)c1)C(=O)O. The standard InChI is InChI=1S/C13H17BrN2O4/c1-8(9-4-3-5-10(14)6-9)16-13(19)15-7-11(20-2)12(17)18/h3-6,8,11H,7H2,1-2H3,(H,17,18)(H2,15,16,19). The molecular weight excluding hydrogens is 328 g/mol. The molecule has 0 aliphatic rings. The van der Waals surface area contributed by atoms with Crippen molar-refractivity contribution < 1.29 is 19.4 Å². The van der Waals surface area contributed by atoms with Crippen LogP contribution in [0.3, 0.4) is 0 Å². The Morgan fingerprint density at radius 3 is 2.70 bits per heavy atom. The van der Waals surface area contributed by atoms with Gasteiger partial charge in [-0.2, -0.15) is 0 Å². The molecule has 7 heteroatoms. The van der Waals surface area contributed by atoms with E-state index >= 15 is 0 Å². The number of ether oxygens (including phenoxy) is 1. The van der Waals surface area contributed by atoms with Crippen molar-refractivity contribution in [2.24, 2.45) is 0 Å². The molecule has 0 saturated carbocycles. The van der Waals surface area contributed by atoms with Crippen LogP contribution < -0.4 is 10.6 Å². The smallest absolute Gasteiger partial charge is 0.334 e. The first-order chi connectivity index (χ1) is 9.43. The Balaban J connectivity index is 2.48. The van der Waals surface area contributed by atoms with Gasteiger partial charge in [-0.25, -0.2) is 9.59 Å². The molecule has 0 fully saturated rings. The predicted octanol–water partition coefficient (Wildman–Crippen LogP) is 1.91. The van der Waals surface area contributed by atoms with Gasteiger partial charge in [0.05, 0.1) is 12.6 Å². The topological polar surface area (TPSA) is 87.7 Å². The lowest BCUT2D eigenvalue weighted by Crippen LogP contribution is -2.43. The third-order valence-corrected chi connectivity index (χ3v) is 3.20. The second kappa shape index (κ2) is 7.86. The van der Waals surface area contributed by atoms with E-state index in [4.69, 9.17) is 9.84 Å². The fourth-order valence-electron chi connectivity index (χ4n) is 1.56. The van der Waals surface area contributed by atoms with Crippen LogP contribution in [-0.2, 0) is 9.53 Å². The van der Waals surface area contributed by atoms with Gasteiger partial charge in [-0.05, 0) is 24.6 Å². The van der Waals surface area contributed by atoms with E-state index in [2.05, 4.69) is 26.6 Å². The first-order valence-electron chi connectivity index (χ1n) is 5.99. The summed E-state index contributed by atoms with van der Waals surface area (Å²) in [5.41, 5.74) is 0.941. The Kier molecular flexibility index (Phi) is 6.47. The molecule has 0 aromatic heterocycles. The van der Waals surface area contributed by atoms with Crippen molar-refractivity contribution in [2.75, 3.05) is 13.7 Å². The highest BCUT2D eigenvalue weighted by Gasteiger charge is 2.17. The molecule has 20 heavy (non-hydrogen) atoms. The predicted molar refractivity (Wildman–Crippen MR) is 77.5 cm³/mol. The number of rotatable bonds is 6. The molecule has 0 aliphatic heterocycles. The van der Waals surface area contributed by atoms with Gasteiger partial charge in [-0.1, -0.05) is 28.1 Å². The maximum Gasteiger partial charge on any atom is 0.334 e. The van der Waals surface area contributed by atoms with E-state index in [1.807, 2.05) is 31.2 Å². The van der Waals surface area contributed by atoms with Crippen LogP contribution >= 0.6 is 15.9 Å². The molecule has 110 valence electrons. The lowest BCUT2D eigenvalue weighted by molar-refractivity contribution is -0.147. The largest absolute Gasteiger partial charge is 0.479 e. The molecule has 0 bridgehead atoms. The number of nitrogens with one attached hydrogen (secondary N) is 2. The molecule has 0 aliphatic carbocycles. The van der Waals surface area contributed by atoms with Gasteiger partial charge in [-0.15, -0.1) is 0 Å². The second-order valence-corrected chi connectivity index (χ2v) is 5.11. The zero-order valence-electron chi connectivity index (χ0n) is 11.2. The third-order valence-electron chi connectivity index (χ3n) is 2.70. The first-order valence-corrected chi connectivity index (χ1v) is 6.78. The summed E-state index contributed by atoms with van der Waals surface area (Å²) in [6.45, 7) is 1.75. The molecule has 2 atom stereocenters. The quantitative estimate of drug-likeness (QED) is 0.735. The highest BCUT2D eigenvalue weighted by Crippen LogP contribution is 2.17. The number of carboxylic acids is 1. The summed E-state index contributed by atoms with van der Waals surface area (Å²) in [6, 6.07) is 6.93. The number of hydrogen-bond acceptors (Lipinski definition) is 3. The Hall–Kier alpha value is -1.60. The molecular formula is C13H17BrN2O4. The lowest BCUT2D eigenvalue weighted by Gasteiger charge is -2.17. The zero-order chi connectivity index (χ0) is 15.1. The molecule has 0 radical (unpaired) electrons. The second-order valence-electron chi connectivity index (χ2n) is 4.19. The number of urea groups is 1. The van der Waals surface area contributed by atoms with Crippen molar-refractivity contribution >= 4 is 27.9 Å². The fourth-order valence-corrected chi connectivity index (χ4v) is 1.98. The van der Waals surface area contributed by atoms with E-state index in [1.165, 1.54) is 7.11 Å². The van der Waals surface area contributed by atoms with Crippen LogP contribution in [0.1, 0.15) is 18.5 Å². The Labute approximate surface area is 125 Å². The summed E-state index contributed by atoms with van der Waals surface area (Å²) in [7, 11) is 1.28. The van der Waals surface area contributed by atoms with Gasteiger partial charge in [0.25, 0.3) is 0 Å². The first kappa shape index (κ1) is 16.5. The molecule has 6 nitrogen and oxygen atoms in total. The Morgan fingerprint density at radius 2 is 2.15 bits per heavy atom. The number of carbonyl (C=O) groups excluding carboxylic acids is 1. The minimum absolute atomic E-state index is 0.0944. The van der Waals surface area contributed by atoms with Crippen LogP contribution in [-0.4, -0.2) is 36.9 Å². The Bertz CT molecular complexity index is 481. The summed E-state index contributed by atoms with van der Waals surface area (Å²) < 4.78 is 5.64. The average molecular weight is 345 g/mol. The van der Waals surface area contributed by atoms with Crippen molar-refractivity contribution in [3.8, 4) is 0 Å². The molecule has 0 saturated heterocycles. The number of halogens is 1. The minimum atomic E-state index is -1.12. The van der Waals surface area contributed by atoms with Crippen LogP contribution in [0.25, 0.3) is 0 Å². The number of aliphatic carboxylic acids is 1. The van der Waals surface area contributed by atoms with Crippen molar-refractivity contribution in [3.05, 3.63) is 34.3 Å². The molecule has 2 amide bonds. The molecule has 2 unspecified atom stereocenters. The summed E-state index contributed by atoms with van der Waals surface area (Å²) in [5, 5.41) is 14.0. The lowest BCUT2D eigenvalue weighted by atomic mass is 10.1. The van der Waals surface area contributed by atoms with Gasteiger partial charge in [0.1, 0.15) is 0 Å². The normalized spacial score (nSPS) is 13.3. The van der Waals surface area contributed by atoms with Crippen LogP contribution in [0.15, 0.2) is 28.7 Å². The molecule has 0 spiro atoms. The highest BCUT2D eigenvalue weighted by molar-refractivity contribution is 9.10. The maximum atomic E-state index is 11.7. The van der Waals surface area contributed by atoms with Crippen molar-refractivity contribution in [2.45, 2.75) is 19.1 Å². The third kappa shape index (κ3) is 5.18. The van der Waals surface area contributed by atoms with E-state index in [1.54, 1.807) is 0 Å². The molecule has 3 N–H and O–H groups in total. The van der Waals surface area contributed by atoms with Gasteiger partial charge in [0.15, 0.2) is 6.10 Å². The van der Waals surface area contributed by atoms with E-state index in [9.17, 15) is 9.59 Å². The van der Waals surface area contributed by atoms with Gasteiger partial charge in [0.2, 0.25) is 0 Å². The molecule has 1 aromatic rings. The minimum Gasteiger partial charge on any atom is -0.479 e. The van der Waals surface area contributed by atoms with Crippen LogP contribution in [0.2, 0.25) is 0 Å². The monoisotopic (exact) mass is 344 g/mol. The van der Waals surface area contributed by atoms with Gasteiger partial charge in [0, 0.05) is 11.6 Å². The van der Waals surface area contributed by atoms with Gasteiger partial charge in [-0.3, -0.25) is 0 Å². The van der Waals surface area contributed by atoms with E-state index in [0.29, 0.717) is 0 Å². The number of hydrogen-bond donors (Lipinski definition) is 3. The summed E-state index contributed by atoms with van der Waals surface area (Å²) in [4.78, 5) is 22.4. The van der Waals surface area contributed by atoms with Gasteiger partial charge < -0.3 is 20.5 Å². The Morgan fingerprint density at radius 1 is 1.45 bits per heavy atom. The number of amides is 2. The maximum absolute atomic E-state index is 11.7. The number of methoxy groups -OCH3 is 1. The van der Waals surface area contributed by atoms with E-state index in [0.717, 1.165) is 10.0 Å². The van der Waals surface area contributed by atoms with E-state index < -0.39 is 18.1 Å². The summed E-state index contributed by atoms with van der Waals surface area (Å²) in [5.74, 6) is -1.12. The fraction of sp³-hybridized carbons (Fsp3) is 0.385. The van der Waals surface area contributed by atoms with Crippen molar-refractivity contribution in [1.29, 1.82) is 0 Å². The number of benzene rings is 1. The zero-order valence-corrected chi connectivity index (χ0v) is 12.8. The van der Waals surface area contributed by atoms with E-state index in [-0.39, 0.29) is 12.6 Å². The molecule has 0 heterocycles. The summed E-state index contributed by atoms with van der Waals surface area (Å²) >= 11 is 3.36. The molecule has 1 rings (SSSR count).